The summed E-state index contributed by atoms with van der Waals surface area (Å²) >= 11 is 0. The van der Waals surface area contributed by atoms with Crippen LogP contribution in [0.5, 0.6) is 0 Å². The summed E-state index contributed by atoms with van der Waals surface area (Å²) in [4.78, 5) is 0. The van der Waals surface area contributed by atoms with Gasteiger partial charge in [-0.3, -0.25) is 0 Å². The second-order valence-electron chi connectivity index (χ2n) is 17.5. The third-order valence-corrected chi connectivity index (χ3v) is 13.4. The van der Waals surface area contributed by atoms with Gasteiger partial charge in [0.05, 0.1) is 60.3 Å². The first kappa shape index (κ1) is 19.3. The third-order valence-electron chi connectivity index (χ3n) is 13.4. The first-order chi connectivity index (χ1) is 58.0. The molecular formula is C76H44O4. The van der Waals surface area contributed by atoms with Gasteiger partial charge < -0.3 is 17.7 Å². The molecule has 18 rings (SSSR count). The van der Waals surface area contributed by atoms with E-state index in [0.717, 1.165) is 0 Å². The largest absolute Gasteiger partial charge is 0.456 e. The number of para-hydroxylation sites is 7. The fourth-order valence-corrected chi connectivity index (χ4v) is 10.2. The molecule has 4 nitrogen and oxygen atoms in total. The van der Waals surface area contributed by atoms with Crippen LogP contribution in [0.1, 0.15) is 60.3 Å². The van der Waals surface area contributed by atoms with Gasteiger partial charge in [0.15, 0.2) is 0 Å². The van der Waals surface area contributed by atoms with E-state index in [1.165, 1.54) is 0 Å². The predicted octanol–water partition coefficient (Wildman–Crippen LogP) is 22.3. The molecule has 0 saturated heterocycles. The van der Waals surface area contributed by atoms with Gasteiger partial charge in [-0.1, -0.05) is 230 Å². The van der Waals surface area contributed by atoms with Gasteiger partial charge in [-0.2, -0.15) is 0 Å². The summed E-state index contributed by atoms with van der Waals surface area (Å²) in [6, 6.07) is -35.5. The molecule has 4 heteroatoms. The second kappa shape index (κ2) is 17.4. The van der Waals surface area contributed by atoms with Crippen molar-refractivity contribution >= 4 is 131 Å². The van der Waals surface area contributed by atoms with Gasteiger partial charge in [-0.15, -0.1) is 0 Å². The molecule has 0 fully saturated rings. The average molecular weight is 1070 g/mol. The summed E-state index contributed by atoms with van der Waals surface area (Å²) in [6.07, 6.45) is 0. The topological polar surface area (TPSA) is 52.6 Å². The molecule has 18 aromatic rings. The number of fused-ring (bicyclic) bond motifs is 16. The standard InChI is InChI=1S/2C38H22O2/c1-3-14-29-27(12-1)36(23-20-21-26-24-10-5-7-18-33(24)39-35(26)22-23)28-13-2-4-15-30(28)37(29)32-17-9-16-31-25-11-6-8-19-34(25)40-38(31)32;1-2-14-26-25(13-1)35(31-19-9-17-29-23-11-5-7-21-33(23)39-37(29)31)27-15-3-4-16-28(27)36(26)32-20-10-18-30-24-12-6-8-22-34(24)40-38(30)32/h2*1-22H/i2*1D,2D,3D,4D,5D,6D,7D,8D,9D,10D,11D,12D,13D,14D,15D,16D,17D,18D,19D,20D,21D,22D. The first-order valence-electron chi connectivity index (χ1n) is 45.6. The maximum atomic E-state index is 9.48. The third kappa shape index (κ3) is 6.57. The van der Waals surface area contributed by atoms with Crippen LogP contribution in [0, 0.1) is 0 Å². The second-order valence-corrected chi connectivity index (χ2v) is 17.5. The van der Waals surface area contributed by atoms with Crippen LogP contribution < -0.4 is 0 Å². The Labute approximate surface area is 519 Å². The van der Waals surface area contributed by atoms with Crippen molar-refractivity contribution in [3.63, 3.8) is 0 Å². The number of hydrogen-bond donors (Lipinski definition) is 0. The molecule has 14 aromatic carbocycles. The summed E-state index contributed by atoms with van der Waals surface area (Å²) in [5, 5.41) is -7.95. The highest BCUT2D eigenvalue weighted by molar-refractivity contribution is 6.27. The summed E-state index contributed by atoms with van der Waals surface area (Å²) in [5.74, 6) is 0. The van der Waals surface area contributed by atoms with Crippen molar-refractivity contribution < 1.29 is 78.0 Å². The molecular weight excluding hydrogens is 977 g/mol. The zero-order valence-electron chi connectivity index (χ0n) is 83.6. The Morgan fingerprint density at radius 3 is 0.775 bits per heavy atom. The number of hydrogen-bond acceptors (Lipinski definition) is 4. The van der Waals surface area contributed by atoms with E-state index in [0.29, 0.717) is 0 Å². The Balaban J connectivity index is 0.000000176. The van der Waals surface area contributed by atoms with Crippen LogP contribution in [-0.2, 0) is 0 Å². The minimum atomic E-state index is -0.906. The monoisotopic (exact) mass is 1060 g/mol. The number of rotatable bonds is 4. The van der Waals surface area contributed by atoms with Gasteiger partial charge in [0.2, 0.25) is 0 Å². The van der Waals surface area contributed by atoms with Crippen molar-refractivity contribution in [2.75, 3.05) is 0 Å². The van der Waals surface area contributed by atoms with E-state index >= 15 is 0 Å². The molecule has 80 heavy (non-hydrogen) atoms. The fraction of sp³-hybridized carbons (Fsp3) is 0. The molecule has 0 bridgehead atoms. The van der Waals surface area contributed by atoms with Crippen LogP contribution in [0.4, 0.5) is 0 Å². The minimum Gasteiger partial charge on any atom is -0.456 e. The van der Waals surface area contributed by atoms with Crippen LogP contribution in [-0.4, -0.2) is 0 Å². The average Bonchev–Trinajstić information content (AvgIpc) is 1.14. The lowest BCUT2D eigenvalue weighted by Gasteiger charge is -2.18. The van der Waals surface area contributed by atoms with Gasteiger partial charge in [-0.25, -0.2) is 0 Å². The first-order valence-corrected chi connectivity index (χ1v) is 23.6. The van der Waals surface area contributed by atoms with Gasteiger partial charge in [0.25, 0.3) is 0 Å². The molecule has 0 unspecified atom stereocenters. The molecule has 0 aliphatic rings. The highest BCUT2D eigenvalue weighted by Gasteiger charge is 2.24. The zero-order valence-corrected chi connectivity index (χ0v) is 39.6. The lowest BCUT2D eigenvalue weighted by molar-refractivity contribution is 0.669. The molecule has 0 radical (unpaired) electrons. The zero-order chi connectivity index (χ0) is 90.7. The Bertz CT molecular complexity index is 7880. The number of furan rings is 4. The summed E-state index contributed by atoms with van der Waals surface area (Å²) in [5.41, 5.74) is -9.06. The van der Waals surface area contributed by atoms with Crippen molar-refractivity contribution in [2.45, 2.75) is 0 Å². The Morgan fingerprint density at radius 2 is 0.438 bits per heavy atom. The van der Waals surface area contributed by atoms with Crippen LogP contribution in [0.2, 0.25) is 0 Å². The van der Waals surface area contributed by atoms with Gasteiger partial charge in [0.1, 0.15) is 44.7 Å². The van der Waals surface area contributed by atoms with Crippen molar-refractivity contribution in [3.8, 4) is 44.5 Å². The van der Waals surface area contributed by atoms with E-state index in [1.54, 1.807) is 0 Å². The molecule has 0 aliphatic carbocycles. The molecule has 0 aliphatic heterocycles. The molecule has 372 valence electrons. The van der Waals surface area contributed by atoms with E-state index in [-0.39, 0.29) is 26.9 Å². The van der Waals surface area contributed by atoms with E-state index in [4.69, 9.17) is 60.2 Å². The molecule has 4 aromatic heterocycles. The molecule has 0 atom stereocenters. The lowest BCUT2D eigenvalue weighted by Crippen LogP contribution is -1.91. The predicted molar refractivity (Wildman–Crippen MR) is 334 cm³/mol. The summed E-state index contributed by atoms with van der Waals surface area (Å²) < 4.78 is 413. The molecule has 0 amide bonds. The summed E-state index contributed by atoms with van der Waals surface area (Å²) in [7, 11) is 0. The van der Waals surface area contributed by atoms with Crippen LogP contribution in [0.25, 0.3) is 175 Å². The normalized spacial score (nSPS) is 19.7. The Hall–Kier alpha value is -10.7. The van der Waals surface area contributed by atoms with Crippen molar-refractivity contribution in [2.24, 2.45) is 0 Å². The highest BCUT2D eigenvalue weighted by Crippen LogP contribution is 2.50. The van der Waals surface area contributed by atoms with Crippen molar-refractivity contribution in [1.82, 2.24) is 0 Å². The quantitative estimate of drug-likeness (QED) is 0.165. The van der Waals surface area contributed by atoms with E-state index < -0.39 is 414 Å². The van der Waals surface area contributed by atoms with Crippen molar-refractivity contribution in [3.05, 3.63) is 266 Å². The Morgan fingerprint density at radius 1 is 0.188 bits per heavy atom. The van der Waals surface area contributed by atoms with E-state index in [2.05, 4.69) is 0 Å². The van der Waals surface area contributed by atoms with Crippen LogP contribution in [0.3, 0.4) is 0 Å². The number of benzene rings is 14. The summed E-state index contributed by atoms with van der Waals surface area (Å²) in [6.45, 7) is 0. The molecule has 0 N–H and O–H groups in total. The molecule has 4 heterocycles. The van der Waals surface area contributed by atoms with E-state index in [1.807, 2.05) is 0 Å². The maximum Gasteiger partial charge on any atom is 0.143 e. The van der Waals surface area contributed by atoms with E-state index in [9.17, 15) is 17.8 Å². The van der Waals surface area contributed by atoms with Gasteiger partial charge in [-0.05, 0) is 90.5 Å². The lowest BCUT2D eigenvalue weighted by atomic mass is 9.85. The van der Waals surface area contributed by atoms with Crippen LogP contribution in [0.15, 0.2) is 284 Å². The van der Waals surface area contributed by atoms with Gasteiger partial charge in [0, 0.05) is 76.5 Å². The molecule has 0 spiro atoms. The maximum absolute atomic E-state index is 9.48. The van der Waals surface area contributed by atoms with Crippen molar-refractivity contribution in [1.29, 1.82) is 0 Å². The van der Waals surface area contributed by atoms with Crippen LogP contribution >= 0.6 is 0 Å². The fourth-order valence-electron chi connectivity index (χ4n) is 10.2. The Kier molecular flexibility index (Phi) is 4.21. The molecule has 0 saturated carbocycles. The minimum absolute atomic E-state index is 0.331. The van der Waals surface area contributed by atoms with Gasteiger partial charge >= 0.3 is 0 Å². The smallest absolute Gasteiger partial charge is 0.143 e. The SMILES string of the molecule is [2H]c1c([2H])c([2H])c2c(oc3c(-c4c5c([2H])c([2H])c([2H])c([2H])c5c(-c5c([2H])c([2H])c([2H])c6c5oc5c([2H])c([2H])c([2H])c([2H])c56)c5c([2H])c([2H])c([2H])c([2H])c45)c([2H])c([2H])c([2H])c32)c1[2H].[2H]c1c([2H])c([2H])c2c(oc3c([2H])c(-c4c5c([2H])c([2H])c([2H])c([2H])c5c(-c5c([2H])c([2H])c([2H])c6c5oc5c([2H])c([2H])c([2H])c([2H])c56)c5c([2H])c([2H])c([2H])c([2H])c45)c([2H])c([2H])c32)c1[2H]. The highest BCUT2D eigenvalue weighted by atomic mass is 16.3.